The summed E-state index contributed by atoms with van der Waals surface area (Å²) in [5.74, 6) is 0.843. The summed E-state index contributed by atoms with van der Waals surface area (Å²) in [6, 6.07) is 7.23. The SMILES string of the molecule is NS(=O)(=O)c1cncc(-c2ccc3ncnc(N4CCOCC4)c3c2)c1. The topological polar surface area (TPSA) is 111 Å². The molecule has 0 unspecified atom stereocenters. The molecule has 1 aliphatic heterocycles. The third-order valence-corrected chi connectivity index (χ3v) is 5.18. The molecule has 1 fully saturated rings. The van der Waals surface area contributed by atoms with Crippen molar-refractivity contribution in [2.24, 2.45) is 5.14 Å². The van der Waals surface area contributed by atoms with Crippen LogP contribution in [0.4, 0.5) is 5.82 Å². The molecule has 0 spiro atoms. The Bertz CT molecular complexity index is 1060. The average molecular weight is 371 g/mol. The van der Waals surface area contributed by atoms with Crippen molar-refractivity contribution in [3.05, 3.63) is 43.0 Å². The highest BCUT2D eigenvalue weighted by Crippen LogP contribution is 2.29. The van der Waals surface area contributed by atoms with Gasteiger partial charge in [0.2, 0.25) is 10.0 Å². The molecule has 3 heterocycles. The molecule has 0 atom stereocenters. The van der Waals surface area contributed by atoms with Gasteiger partial charge >= 0.3 is 0 Å². The molecule has 2 aromatic heterocycles. The molecule has 1 aliphatic rings. The molecule has 4 rings (SSSR count). The van der Waals surface area contributed by atoms with Crippen molar-refractivity contribution in [2.75, 3.05) is 31.2 Å². The summed E-state index contributed by atoms with van der Waals surface area (Å²) in [5, 5.41) is 6.11. The zero-order valence-electron chi connectivity index (χ0n) is 13.9. The quantitative estimate of drug-likeness (QED) is 0.736. The second-order valence-corrected chi connectivity index (χ2v) is 7.54. The van der Waals surface area contributed by atoms with Gasteiger partial charge in [-0.2, -0.15) is 0 Å². The average Bonchev–Trinajstić information content (AvgIpc) is 2.67. The van der Waals surface area contributed by atoms with Crippen LogP contribution < -0.4 is 10.0 Å². The highest BCUT2D eigenvalue weighted by molar-refractivity contribution is 7.89. The summed E-state index contributed by atoms with van der Waals surface area (Å²) in [4.78, 5) is 14.9. The zero-order chi connectivity index (χ0) is 18.1. The number of ether oxygens (including phenoxy) is 1. The number of morpholine rings is 1. The monoisotopic (exact) mass is 371 g/mol. The van der Waals surface area contributed by atoms with Crippen LogP contribution in [0.15, 0.2) is 47.9 Å². The van der Waals surface area contributed by atoms with Gasteiger partial charge in [-0.15, -0.1) is 0 Å². The van der Waals surface area contributed by atoms with E-state index in [4.69, 9.17) is 9.88 Å². The second-order valence-electron chi connectivity index (χ2n) is 5.98. The zero-order valence-corrected chi connectivity index (χ0v) is 14.7. The number of anilines is 1. The summed E-state index contributed by atoms with van der Waals surface area (Å²) >= 11 is 0. The van der Waals surface area contributed by atoms with Gasteiger partial charge in [-0.3, -0.25) is 4.98 Å². The van der Waals surface area contributed by atoms with Crippen molar-refractivity contribution in [1.29, 1.82) is 0 Å². The molecule has 0 radical (unpaired) electrons. The van der Waals surface area contributed by atoms with Gasteiger partial charge in [0.1, 0.15) is 17.0 Å². The van der Waals surface area contributed by atoms with E-state index in [1.807, 2.05) is 18.2 Å². The van der Waals surface area contributed by atoms with Crippen molar-refractivity contribution in [2.45, 2.75) is 4.90 Å². The molecule has 26 heavy (non-hydrogen) atoms. The van der Waals surface area contributed by atoms with E-state index in [-0.39, 0.29) is 4.90 Å². The first-order valence-corrected chi connectivity index (χ1v) is 9.63. The predicted molar refractivity (Wildman–Crippen MR) is 97.2 cm³/mol. The van der Waals surface area contributed by atoms with E-state index < -0.39 is 10.0 Å². The maximum absolute atomic E-state index is 11.6. The van der Waals surface area contributed by atoms with Crippen LogP contribution >= 0.6 is 0 Å². The Labute approximate surface area is 150 Å². The summed E-state index contributed by atoms with van der Waals surface area (Å²) in [6.45, 7) is 2.84. The van der Waals surface area contributed by atoms with Gasteiger partial charge in [0, 0.05) is 36.4 Å². The smallest absolute Gasteiger partial charge is 0.239 e. The third-order valence-electron chi connectivity index (χ3n) is 4.30. The van der Waals surface area contributed by atoms with Gasteiger partial charge in [-0.1, -0.05) is 6.07 Å². The van der Waals surface area contributed by atoms with Gasteiger partial charge in [0.15, 0.2) is 0 Å². The summed E-state index contributed by atoms with van der Waals surface area (Å²) in [6.07, 6.45) is 4.40. The van der Waals surface area contributed by atoms with Crippen LogP contribution in [-0.2, 0) is 14.8 Å². The predicted octanol–water partition coefficient (Wildman–Crippen LogP) is 1.18. The molecule has 8 nitrogen and oxygen atoms in total. The highest BCUT2D eigenvalue weighted by atomic mass is 32.2. The Hall–Kier alpha value is -2.62. The molecule has 9 heteroatoms. The van der Waals surface area contributed by atoms with Crippen LogP contribution in [0.25, 0.3) is 22.0 Å². The van der Waals surface area contributed by atoms with Crippen LogP contribution in [0.5, 0.6) is 0 Å². The molecule has 0 aliphatic carbocycles. The lowest BCUT2D eigenvalue weighted by atomic mass is 10.0. The molecule has 1 aromatic carbocycles. The first kappa shape index (κ1) is 16.8. The molecule has 0 amide bonds. The number of nitrogens with zero attached hydrogens (tertiary/aromatic N) is 4. The summed E-state index contributed by atoms with van der Waals surface area (Å²) in [5.41, 5.74) is 2.30. The molecule has 0 saturated carbocycles. The number of hydrogen-bond donors (Lipinski definition) is 1. The Morgan fingerprint density at radius 3 is 2.62 bits per heavy atom. The largest absolute Gasteiger partial charge is 0.378 e. The first-order valence-electron chi connectivity index (χ1n) is 8.08. The Morgan fingerprint density at radius 2 is 1.85 bits per heavy atom. The Morgan fingerprint density at radius 1 is 1.04 bits per heavy atom. The van der Waals surface area contributed by atoms with Crippen LogP contribution in [0.1, 0.15) is 0 Å². The van der Waals surface area contributed by atoms with Gasteiger partial charge < -0.3 is 9.64 Å². The number of benzene rings is 1. The summed E-state index contributed by atoms with van der Waals surface area (Å²) < 4.78 is 28.6. The van der Waals surface area contributed by atoms with E-state index in [0.29, 0.717) is 18.8 Å². The fourth-order valence-electron chi connectivity index (χ4n) is 2.98. The normalized spacial score (nSPS) is 15.3. The van der Waals surface area contributed by atoms with Crippen molar-refractivity contribution in [3.63, 3.8) is 0 Å². The number of hydrogen-bond acceptors (Lipinski definition) is 7. The lowest BCUT2D eigenvalue weighted by molar-refractivity contribution is 0.122. The van der Waals surface area contributed by atoms with Crippen molar-refractivity contribution in [3.8, 4) is 11.1 Å². The van der Waals surface area contributed by atoms with Gasteiger partial charge in [-0.05, 0) is 23.8 Å². The fourth-order valence-corrected chi connectivity index (χ4v) is 3.48. The van der Waals surface area contributed by atoms with Crippen LogP contribution in [0, 0.1) is 0 Å². The molecule has 3 aromatic rings. The molecule has 1 saturated heterocycles. The molecular weight excluding hydrogens is 354 g/mol. The van der Waals surface area contributed by atoms with Crippen LogP contribution in [-0.4, -0.2) is 49.7 Å². The third kappa shape index (κ3) is 3.24. The second kappa shape index (κ2) is 6.60. The minimum Gasteiger partial charge on any atom is -0.378 e. The standard InChI is InChI=1S/C17H17N5O3S/c18-26(23,24)14-7-13(9-19-10-14)12-1-2-16-15(8-12)17(21-11-20-16)22-3-5-25-6-4-22/h1-2,7-11H,3-6H2,(H2,18,23,24). The number of pyridine rings is 1. The maximum Gasteiger partial charge on any atom is 0.239 e. The molecule has 134 valence electrons. The number of primary sulfonamides is 1. The van der Waals surface area contributed by atoms with Crippen LogP contribution in [0.2, 0.25) is 0 Å². The first-order chi connectivity index (χ1) is 12.5. The van der Waals surface area contributed by atoms with Gasteiger partial charge in [0.05, 0.1) is 18.7 Å². The Balaban J connectivity index is 1.82. The maximum atomic E-state index is 11.6. The van der Waals surface area contributed by atoms with E-state index in [1.54, 1.807) is 12.5 Å². The number of sulfonamides is 1. The van der Waals surface area contributed by atoms with E-state index in [2.05, 4.69) is 19.9 Å². The lowest BCUT2D eigenvalue weighted by Gasteiger charge is -2.28. The van der Waals surface area contributed by atoms with E-state index in [0.717, 1.165) is 35.4 Å². The van der Waals surface area contributed by atoms with Gasteiger partial charge in [-0.25, -0.2) is 23.5 Å². The van der Waals surface area contributed by atoms with E-state index in [9.17, 15) is 8.42 Å². The summed E-state index contributed by atoms with van der Waals surface area (Å²) in [7, 11) is -3.81. The number of nitrogens with two attached hydrogens (primary N) is 1. The lowest BCUT2D eigenvalue weighted by Crippen LogP contribution is -2.36. The minimum atomic E-state index is -3.81. The fraction of sp³-hybridized carbons (Fsp3) is 0.235. The molecule has 0 bridgehead atoms. The van der Waals surface area contributed by atoms with E-state index >= 15 is 0 Å². The van der Waals surface area contributed by atoms with Crippen molar-refractivity contribution in [1.82, 2.24) is 15.0 Å². The molecular formula is C17H17N5O3S. The van der Waals surface area contributed by atoms with Crippen molar-refractivity contribution >= 4 is 26.7 Å². The van der Waals surface area contributed by atoms with E-state index in [1.165, 1.54) is 12.3 Å². The van der Waals surface area contributed by atoms with Crippen LogP contribution in [0.3, 0.4) is 0 Å². The minimum absolute atomic E-state index is 0.0205. The highest BCUT2D eigenvalue weighted by Gasteiger charge is 2.16. The number of fused-ring (bicyclic) bond motifs is 1. The number of rotatable bonds is 3. The Kier molecular flexibility index (Phi) is 4.27. The van der Waals surface area contributed by atoms with Gasteiger partial charge in [0.25, 0.3) is 0 Å². The molecule has 2 N–H and O–H groups in total. The van der Waals surface area contributed by atoms with Crippen molar-refractivity contribution < 1.29 is 13.2 Å². The number of aromatic nitrogens is 3.